The molecule has 132 valence electrons. The number of halogens is 1. The summed E-state index contributed by atoms with van der Waals surface area (Å²) in [7, 11) is 0. The number of hydrogen-bond donors (Lipinski definition) is 2. The highest BCUT2D eigenvalue weighted by atomic mass is 35.5. The second-order valence-electron chi connectivity index (χ2n) is 5.62. The molecule has 0 aliphatic carbocycles. The molecule has 0 unspecified atom stereocenters. The van der Waals surface area contributed by atoms with Gasteiger partial charge in [-0.1, -0.05) is 23.7 Å². The van der Waals surface area contributed by atoms with Gasteiger partial charge in [0.05, 0.1) is 17.9 Å². The van der Waals surface area contributed by atoms with Crippen LogP contribution in [-0.2, 0) is 11.3 Å². The van der Waals surface area contributed by atoms with Gasteiger partial charge in [-0.25, -0.2) is 9.67 Å². The lowest BCUT2D eigenvalue weighted by atomic mass is 10.1. The average Bonchev–Trinajstić information content (AvgIpc) is 3.10. The molecule has 3 rings (SSSR count). The minimum absolute atomic E-state index is 0.236. The first-order valence-electron chi connectivity index (χ1n) is 7.81. The number of hydrogen-bond acceptors (Lipinski definition) is 4. The van der Waals surface area contributed by atoms with Crippen molar-refractivity contribution in [2.75, 3.05) is 10.6 Å². The summed E-state index contributed by atoms with van der Waals surface area (Å²) in [4.78, 5) is 27.7. The molecule has 0 saturated carbocycles. The van der Waals surface area contributed by atoms with E-state index in [4.69, 9.17) is 11.6 Å². The number of carbonyl (C=O) groups is 2. The molecule has 0 atom stereocenters. The highest BCUT2D eigenvalue weighted by molar-refractivity contribution is 6.31. The second kappa shape index (κ2) is 7.79. The van der Waals surface area contributed by atoms with Gasteiger partial charge in [0, 0.05) is 17.5 Å². The van der Waals surface area contributed by atoms with Crippen molar-refractivity contribution in [2.45, 2.75) is 13.5 Å². The van der Waals surface area contributed by atoms with Crippen molar-refractivity contribution < 1.29 is 9.59 Å². The summed E-state index contributed by atoms with van der Waals surface area (Å²) in [5.74, 6) is -0.536. The van der Waals surface area contributed by atoms with Crippen LogP contribution in [0.1, 0.15) is 22.8 Å². The van der Waals surface area contributed by atoms with Crippen LogP contribution in [0.25, 0.3) is 0 Å². The van der Waals surface area contributed by atoms with Crippen molar-refractivity contribution in [1.82, 2.24) is 14.8 Å². The first-order chi connectivity index (χ1) is 12.5. The van der Waals surface area contributed by atoms with E-state index in [0.29, 0.717) is 28.5 Å². The van der Waals surface area contributed by atoms with E-state index in [2.05, 4.69) is 20.7 Å². The van der Waals surface area contributed by atoms with Crippen LogP contribution in [0.15, 0.2) is 55.1 Å². The third kappa shape index (κ3) is 4.46. The highest BCUT2D eigenvalue weighted by Crippen LogP contribution is 2.26. The molecule has 2 N–H and O–H groups in total. The maximum Gasteiger partial charge on any atom is 0.255 e. The molecule has 0 aliphatic heterocycles. The summed E-state index contributed by atoms with van der Waals surface area (Å²) >= 11 is 5.99. The number of nitrogens with one attached hydrogen (secondary N) is 2. The number of carbonyl (C=O) groups excluding carboxylic acids is 2. The molecule has 1 aromatic heterocycles. The Bertz CT molecular complexity index is 923. The Kier molecular flexibility index (Phi) is 5.28. The van der Waals surface area contributed by atoms with Gasteiger partial charge < -0.3 is 10.6 Å². The van der Waals surface area contributed by atoms with E-state index in [-0.39, 0.29) is 11.8 Å². The van der Waals surface area contributed by atoms with Gasteiger partial charge in [-0.15, -0.1) is 0 Å². The monoisotopic (exact) mass is 369 g/mol. The molecular weight excluding hydrogens is 354 g/mol. The Morgan fingerprint density at radius 3 is 2.50 bits per heavy atom. The zero-order valence-corrected chi connectivity index (χ0v) is 14.7. The third-order valence-corrected chi connectivity index (χ3v) is 3.80. The predicted molar refractivity (Wildman–Crippen MR) is 99.3 cm³/mol. The van der Waals surface area contributed by atoms with E-state index in [1.54, 1.807) is 41.3 Å². The summed E-state index contributed by atoms with van der Waals surface area (Å²) in [5.41, 5.74) is 2.40. The molecule has 3 aromatic rings. The molecule has 0 radical (unpaired) electrons. The van der Waals surface area contributed by atoms with E-state index in [1.807, 2.05) is 12.1 Å². The van der Waals surface area contributed by atoms with Crippen LogP contribution < -0.4 is 10.6 Å². The van der Waals surface area contributed by atoms with E-state index in [0.717, 1.165) is 5.56 Å². The third-order valence-electron chi connectivity index (χ3n) is 3.57. The van der Waals surface area contributed by atoms with Gasteiger partial charge in [0.15, 0.2) is 0 Å². The Balaban J connectivity index is 1.73. The number of anilines is 2. The van der Waals surface area contributed by atoms with Crippen LogP contribution in [0.2, 0.25) is 5.02 Å². The maximum atomic E-state index is 12.5. The number of benzene rings is 2. The Hall–Kier alpha value is -3.19. The van der Waals surface area contributed by atoms with E-state index >= 15 is 0 Å². The minimum atomic E-state index is -0.300. The molecule has 0 aliphatic rings. The van der Waals surface area contributed by atoms with Crippen molar-refractivity contribution >= 4 is 34.8 Å². The van der Waals surface area contributed by atoms with Crippen LogP contribution in [0.3, 0.4) is 0 Å². The van der Waals surface area contributed by atoms with Crippen molar-refractivity contribution in [1.29, 1.82) is 0 Å². The van der Waals surface area contributed by atoms with Gasteiger partial charge >= 0.3 is 0 Å². The smallest absolute Gasteiger partial charge is 0.255 e. The number of rotatable bonds is 5. The van der Waals surface area contributed by atoms with Gasteiger partial charge in [0.2, 0.25) is 5.91 Å². The second-order valence-corrected chi connectivity index (χ2v) is 6.05. The standard InChI is InChI=1S/C18H16ClN5O2/c1-12(25)22-16-7-6-15(19)8-17(16)23-18(26)14-4-2-13(3-5-14)9-24-11-20-10-21-24/h2-8,10-11H,9H2,1H3,(H,22,25)(H,23,26). The molecule has 26 heavy (non-hydrogen) atoms. The Labute approximate surface area is 155 Å². The summed E-state index contributed by atoms with van der Waals surface area (Å²) in [6.45, 7) is 1.97. The molecule has 2 amide bonds. The summed E-state index contributed by atoms with van der Waals surface area (Å²) in [6, 6.07) is 12.0. The first kappa shape index (κ1) is 17.6. The fourth-order valence-electron chi connectivity index (χ4n) is 2.38. The van der Waals surface area contributed by atoms with Gasteiger partial charge in [0.1, 0.15) is 12.7 Å². The predicted octanol–water partition coefficient (Wildman–Crippen LogP) is 3.19. The molecule has 2 aromatic carbocycles. The highest BCUT2D eigenvalue weighted by Gasteiger charge is 2.11. The molecule has 8 heteroatoms. The molecule has 0 saturated heterocycles. The molecule has 0 spiro atoms. The quantitative estimate of drug-likeness (QED) is 0.722. The molecule has 7 nitrogen and oxygen atoms in total. The van der Waals surface area contributed by atoms with Crippen LogP contribution in [0, 0.1) is 0 Å². The number of amides is 2. The molecule has 1 heterocycles. The Morgan fingerprint density at radius 2 is 1.85 bits per heavy atom. The number of nitrogens with zero attached hydrogens (tertiary/aromatic N) is 3. The normalized spacial score (nSPS) is 10.4. The largest absolute Gasteiger partial charge is 0.325 e. The zero-order valence-electron chi connectivity index (χ0n) is 13.9. The molecule has 0 fully saturated rings. The lowest BCUT2D eigenvalue weighted by molar-refractivity contribution is -0.114. The van der Waals surface area contributed by atoms with Crippen LogP contribution in [0.5, 0.6) is 0 Å². The summed E-state index contributed by atoms with van der Waals surface area (Å²) in [6.07, 6.45) is 3.10. The van der Waals surface area contributed by atoms with Crippen molar-refractivity contribution in [3.8, 4) is 0 Å². The summed E-state index contributed by atoms with van der Waals surface area (Å²) in [5, 5.41) is 9.94. The zero-order chi connectivity index (χ0) is 18.5. The van der Waals surface area contributed by atoms with Gasteiger partial charge in [-0.05, 0) is 35.9 Å². The topological polar surface area (TPSA) is 88.9 Å². The van der Waals surface area contributed by atoms with Crippen LogP contribution in [-0.4, -0.2) is 26.6 Å². The lowest BCUT2D eigenvalue weighted by Gasteiger charge is -2.12. The maximum absolute atomic E-state index is 12.5. The van der Waals surface area contributed by atoms with Gasteiger partial charge in [-0.3, -0.25) is 9.59 Å². The molecular formula is C18H16ClN5O2. The van der Waals surface area contributed by atoms with Gasteiger partial charge in [0.25, 0.3) is 5.91 Å². The first-order valence-corrected chi connectivity index (χ1v) is 8.19. The minimum Gasteiger partial charge on any atom is -0.325 e. The van der Waals surface area contributed by atoms with Gasteiger partial charge in [-0.2, -0.15) is 5.10 Å². The summed E-state index contributed by atoms with van der Waals surface area (Å²) < 4.78 is 1.70. The lowest BCUT2D eigenvalue weighted by Crippen LogP contribution is -2.15. The van der Waals surface area contributed by atoms with Crippen LogP contribution in [0.4, 0.5) is 11.4 Å². The Morgan fingerprint density at radius 1 is 1.08 bits per heavy atom. The van der Waals surface area contributed by atoms with E-state index < -0.39 is 0 Å². The van der Waals surface area contributed by atoms with Crippen molar-refractivity contribution in [3.05, 3.63) is 71.3 Å². The fourth-order valence-corrected chi connectivity index (χ4v) is 2.55. The molecule has 0 bridgehead atoms. The van der Waals surface area contributed by atoms with Crippen molar-refractivity contribution in [3.63, 3.8) is 0 Å². The van der Waals surface area contributed by atoms with Crippen LogP contribution >= 0.6 is 11.6 Å². The van der Waals surface area contributed by atoms with E-state index in [1.165, 1.54) is 13.3 Å². The number of aromatic nitrogens is 3. The fraction of sp³-hybridized carbons (Fsp3) is 0.111. The van der Waals surface area contributed by atoms with E-state index in [9.17, 15) is 9.59 Å². The SMILES string of the molecule is CC(=O)Nc1ccc(Cl)cc1NC(=O)c1ccc(Cn2cncn2)cc1. The average molecular weight is 370 g/mol. The van der Waals surface area contributed by atoms with Crippen molar-refractivity contribution in [2.24, 2.45) is 0 Å².